The van der Waals surface area contributed by atoms with Crippen LogP contribution in [-0.4, -0.2) is 25.7 Å². The third-order valence-electron chi connectivity index (χ3n) is 4.56. The first kappa shape index (κ1) is 18.6. The van der Waals surface area contributed by atoms with Gasteiger partial charge in [0.15, 0.2) is 0 Å². The number of aryl methyl sites for hydroxylation is 1. The summed E-state index contributed by atoms with van der Waals surface area (Å²) in [4.78, 5) is 16.3. The normalized spacial score (nSPS) is 10.8. The van der Waals surface area contributed by atoms with Gasteiger partial charge in [-0.3, -0.25) is 4.79 Å². The molecule has 4 aromatic rings. The molecule has 146 valence electrons. The topological polar surface area (TPSA) is 85.8 Å². The molecular formula is C22H21N5O2. The largest absolute Gasteiger partial charge is 0.421 e. The summed E-state index contributed by atoms with van der Waals surface area (Å²) in [6.45, 7) is 1.19. The second kappa shape index (κ2) is 8.97. The standard InChI is InChI=1S/C22H21N5O2/c28-20(10-11-21-25-26-22(29-21)17-6-2-1-3-7-17)24-14-18-8-4-5-9-19(18)15-27-13-12-23-16-27/h1-9,12-13,16H,10-11,14-15H2,(H,24,28). The zero-order chi connectivity index (χ0) is 19.9. The molecule has 0 aliphatic rings. The molecule has 0 saturated heterocycles. The quantitative estimate of drug-likeness (QED) is 0.502. The van der Waals surface area contributed by atoms with Crippen molar-refractivity contribution in [2.24, 2.45) is 0 Å². The molecule has 29 heavy (non-hydrogen) atoms. The van der Waals surface area contributed by atoms with Gasteiger partial charge >= 0.3 is 0 Å². The maximum absolute atomic E-state index is 12.3. The van der Waals surface area contributed by atoms with Gasteiger partial charge in [0.05, 0.1) is 6.33 Å². The van der Waals surface area contributed by atoms with E-state index in [1.807, 2.05) is 59.3 Å². The van der Waals surface area contributed by atoms with E-state index in [-0.39, 0.29) is 5.91 Å². The Morgan fingerprint density at radius 1 is 1.00 bits per heavy atom. The number of hydrogen-bond donors (Lipinski definition) is 1. The van der Waals surface area contributed by atoms with Gasteiger partial charge in [0.1, 0.15) is 0 Å². The summed E-state index contributed by atoms with van der Waals surface area (Å²) < 4.78 is 7.65. The van der Waals surface area contributed by atoms with E-state index in [4.69, 9.17) is 4.42 Å². The molecule has 0 aliphatic carbocycles. The lowest BCUT2D eigenvalue weighted by Gasteiger charge is -2.11. The van der Waals surface area contributed by atoms with E-state index in [2.05, 4.69) is 26.6 Å². The number of carbonyl (C=O) groups is 1. The molecule has 0 aliphatic heterocycles. The van der Waals surface area contributed by atoms with E-state index in [0.717, 1.165) is 23.2 Å². The van der Waals surface area contributed by atoms with Crippen LogP contribution in [-0.2, 0) is 24.3 Å². The summed E-state index contributed by atoms with van der Waals surface area (Å²) in [6, 6.07) is 17.6. The second-order valence-electron chi connectivity index (χ2n) is 6.65. The van der Waals surface area contributed by atoms with Crippen LogP contribution in [0, 0.1) is 0 Å². The van der Waals surface area contributed by atoms with Crippen molar-refractivity contribution in [1.29, 1.82) is 0 Å². The molecule has 1 N–H and O–H groups in total. The zero-order valence-corrected chi connectivity index (χ0v) is 15.9. The zero-order valence-electron chi connectivity index (χ0n) is 15.9. The van der Waals surface area contributed by atoms with Gasteiger partial charge in [0.25, 0.3) is 0 Å². The molecular weight excluding hydrogens is 366 g/mol. The molecule has 0 bridgehead atoms. The Hall–Kier alpha value is -3.74. The predicted molar refractivity (Wildman–Crippen MR) is 108 cm³/mol. The number of aromatic nitrogens is 4. The van der Waals surface area contributed by atoms with Gasteiger partial charge in [-0.25, -0.2) is 4.98 Å². The van der Waals surface area contributed by atoms with Crippen molar-refractivity contribution in [3.8, 4) is 11.5 Å². The summed E-state index contributed by atoms with van der Waals surface area (Å²) in [5.74, 6) is 0.871. The average molecular weight is 387 g/mol. The van der Waals surface area contributed by atoms with E-state index < -0.39 is 0 Å². The highest BCUT2D eigenvalue weighted by molar-refractivity contribution is 5.76. The van der Waals surface area contributed by atoms with Crippen molar-refractivity contribution < 1.29 is 9.21 Å². The molecule has 1 amide bonds. The van der Waals surface area contributed by atoms with Crippen LogP contribution in [0.5, 0.6) is 0 Å². The maximum Gasteiger partial charge on any atom is 0.247 e. The second-order valence-corrected chi connectivity index (χ2v) is 6.65. The van der Waals surface area contributed by atoms with Crippen molar-refractivity contribution in [2.45, 2.75) is 25.9 Å². The summed E-state index contributed by atoms with van der Waals surface area (Å²) >= 11 is 0. The molecule has 0 atom stereocenters. The summed E-state index contributed by atoms with van der Waals surface area (Å²) in [5.41, 5.74) is 3.10. The fourth-order valence-electron chi connectivity index (χ4n) is 3.02. The minimum absolute atomic E-state index is 0.0538. The van der Waals surface area contributed by atoms with Gasteiger partial charge in [-0.15, -0.1) is 10.2 Å². The number of amides is 1. The van der Waals surface area contributed by atoms with Crippen LogP contribution in [0.2, 0.25) is 0 Å². The van der Waals surface area contributed by atoms with Crippen LogP contribution >= 0.6 is 0 Å². The first-order valence-electron chi connectivity index (χ1n) is 9.45. The highest BCUT2D eigenvalue weighted by Crippen LogP contribution is 2.17. The van der Waals surface area contributed by atoms with Gasteiger partial charge in [0.2, 0.25) is 17.7 Å². The Morgan fingerprint density at radius 2 is 1.79 bits per heavy atom. The molecule has 2 aromatic heterocycles. The van der Waals surface area contributed by atoms with Crippen LogP contribution in [0.25, 0.3) is 11.5 Å². The van der Waals surface area contributed by atoms with Crippen LogP contribution < -0.4 is 5.32 Å². The Labute approximate surface area is 168 Å². The smallest absolute Gasteiger partial charge is 0.247 e. The molecule has 2 aromatic carbocycles. The summed E-state index contributed by atoms with van der Waals surface area (Å²) in [6.07, 6.45) is 6.15. The number of benzene rings is 2. The maximum atomic E-state index is 12.3. The lowest BCUT2D eigenvalue weighted by atomic mass is 10.1. The molecule has 7 nitrogen and oxygen atoms in total. The number of rotatable bonds is 8. The first-order valence-corrected chi connectivity index (χ1v) is 9.45. The Bertz CT molecular complexity index is 1060. The van der Waals surface area contributed by atoms with Crippen LogP contribution in [0.4, 0.5) is 0 Å². The van der Waals surface area contributed by atoms with Crippen LogP contribution in [0.15, 0.2) is 77.7 Å². The van der Waals surface area contributed by atoms with Crippen molar-refractivity contribution in [3.63, 3.8) is 0 Å². The van der Waals surface area contributed by atoms with E-state index in [9.17, 15) is 4.79 Å². The molecule has 0 unspecified atom stereocenters. The van der Waals surface area contributed by atoms with Gasteiger partial charge in [-0.05, 0) is 23.3 Å². The predicted octanol–water partition coefficient (Wildman–Crippen LogP) is 3.23. The van der Waals surface area contributed by atoms with E-state index in [1.165, 1.54) is 0 Å². The van der Waals surface area contributed by atoms with Crippen molar-refractivity contribution >= 4 is 5.91 Å². The number of carbonyl (C=O) groups excluding carboxylic acids is 1. The number of hydrogen-bond acceptors (Lipinski definition) is 5. The lowest BCUT2D eigenvalue weighted by molar-refractivity contribution is -0.121. The minimum Gasteiger partial charge on any atom is -0.421 e. The molecule has 4 rings (SSSR count). The molecule has 7 heteroatoms. The molecule has 2 heterocycles. The van der Waals surface area contributed by atoms with Gasteiger partial charge < -0.3 is 14.3 Å². The van der Waals surface area contributed by atoms with Gasteiger partial charge in [-0.1, -0.05) is 42.5 Å². The van der Waals surface area contributed by atoms with Gasteiger partial charge in [0, 0.05) is 43.9 Å². The van der Waals surface area contributed by atoms with E-state index >= 15 is 0 Å². The highest BCUT2D eigenvalue weighted by atomic mass is 16.4. The molecule has 0 fully saturated rings. The fourth-order valence-corrected chi connectivity index (χ4v) is 3.02. The SMILES string of the molecule is O=C(CCc1nnc(-c2ccccc2)o1)NCc1ccccc1Cn1ccnc1. The van der Waals surface area contributed by atoms with Crippen molar-refractivity contribution in [2.75, 3.05) is 0 Å². The van der Waals surface area contributed by atoms with Crippen LogP contribution in [0.1, 0.15) is 23.4 Å². The monoisotopic (exact) mass is 387 g/mol. The first-order chi connectivity index (χ1) is 14.3. The average Bonchev–Trinajstić information content (AvgIpc) is 3.44. The Balaban J connectivity index is 1.29. The molecule has 0 saturated carbocycles. The Kier molecular flexibility index (Phi) is 5.76. The van der Waals surface area contributed by atoms with E-state index in [0.29, 0.717) is 31.2 Å². The summed E-state index contributed by atoms with van der Waals surface area (Å²) in [7, 11) is 0. The molecule has 0 radical (unpaired) electrons. The van der Waals surface area contributed by atoms with Crippen molar-refractivity contribution in [3.05, 3.63) is 90.3 Å². The highest BCUT2D eigenvalue weighted by Gasteiger charge is 2.11. The number of nitrogens with zero attached hydrogens (tertiary/aromatic N) is 4. The molecule has 0 spiro atoms. The van der Waals surface area contributed by atoms with Crippen molar-refractivity contribution in [1.82, 2.24) is 25.1 Å². The Morgan fingerprint density at radius 3 is 2.59 bits per heavy atom. The fraction of sp³-hybridized carbons (Fsp3) is 0.182. The number of imidazole rings is 1. The minimum atomic E-state index is -0.0538. The third kappa shape index (κ3) is 4.95. The van der Waals surface area contributed by atoms with Crippen LogP contribution in [0.3, 0.4) is 0 Å². The summed E-state index contributed by atoms with van der Waals surface area (Å²) in [5, 5.41) is 11.1. The number of nitrogens with one attached hydrogen (secondary N) is 1. The lowest BCUT2D eigenvalue weighted by Crippen LogP contribution is -2.23. The van der Waals surface area contributed by atoms with Gasteiger partial charge in [-0.2, -0.15) is 0 Å². The van der Waals surface area contributed by atoms with E-state index in [1.54, 1.807) is 12.5 Å². The third-order valence-corrected chi connectivity index (χ3v) is 4.56.